The molecule has 0 bridgehead atoms. The van der Waals surface area contributed by atoms with Gasteiger partial charge in [-0.05, 0) is 54.1 Å². The van der Waals surface area contributed by atoms with Crippen LogP contribution in [0.3, 0.4) is 0 Å². The summed E-state index contributed by atoms with van der Waals surface area (Å²) in [5.41, 5.74) is 0.886. The Hall–Kier alpha value is -0.320. The molecule has 0 atom stereocenters. The molecule has 3 heteroatoms. The van der Waals surface area contributed by atoms with Crippen molar-refractivity contribution in [2.24, 2.45) is 0 Å². The van der Waals surface area contributed by atoms with Crippen LogP contribution in [0.4, 0.5) is 4.39 Å². The molecule has 0 unspecified atom stereocenters. The van der Waals surface area contributed by atoms with Crippen molar-refractivity contribution in [3.05, 3.63) is 27.1 Å². The Kier molecular flexibility index (Phi) is 3.31. The highest BCUT2D eigenvalue weighted by Crippen LogP contribution is 2.25. The highest BCUT2D eigenvalue weighted by Gasteiger charge is 2.06. The lowest BCUT2D eigenvalue weighted by Crippen LogP contribution is -1.96. The molecule has 0 heterocycles. The maximum Gasteiger partial charge on any atom is 0.140 e. The van der Waals surface area contributed by atoms with Crippen LogP contribution in [-0.2, 0) is 0 Å². The fraction of sp³-hybridized carbons (Fsp3) is 0.333. The molecule has 0 aliphatic rings. The van der Waals surface area contributed by atoms with Crippen LogP contribution in [0.5, 0.6) is 5.75 Å². The molecule has 0 spiro atoms. The standard InChI is InChI=1S/C9H10FIO/c1-3-12-8-5-6(2)4-7(10)9(8)11/h4-5H,3H2,1-2H3. The lowest BCUT2D eigenvalue weighted by molar-refractivity contribution is 0.335. The van der Waals surface area contributed by atoms with Crippen molar-refractivity contribution in [3.63, 3.8) is 0 Å². The maximum atomic E-state index is 13.1. The van der Waals surface area contributed by atoms with Crippen molar-refractivity contribution in [1.82, 2.24) is 0 Å². The summed E-state index contributed by atoms with van der Waals surface area (Å²) in [5, 5.41) is 0. The molecule has 0 amide bonds. The lowest BCUT2D eigenvalue weighted by Gasteiger charge is -2.07. The van der Waals surface area contributed by atoms with Gasteiger partial charge in [0.1, 0.15) is 11.6 Å². The van der Waals surface area contributed by atoms with E-state index < -0.39 is 0 Å². The third-order valence-corrected chi connectivity index (χ3v) is 2.49. The minimum Gasteiger partial charge on any atom is -0.493 e. The number of aryl methyl sites for hydroxylation is 1. The normalized spacial score (nSPS) is 10.0. The number of hydrogen-bond acceptors (Lipinski definition) is 1. The fourth-order valence-corrected chi connectivity index (χ4v) is 1.42. The Labute approximate surface area is 85.1 Å². The molecule has 0 N–H and O–H groups in total. The molecule has 1 nitrogen and oxygen atoms in total. The zero-order chi connectivity index (χ0) is 9.14. The number of halogens is 2. The van der Waals surface area contributed by atoms with E-state index in [1.807, 2.05) is 42.5 Å². The Morgan fingerprint density at radius 3 is 2.75 bits per heavy atom. The predicted molar refractivity (Wildman–Crippen MR) is 55.0 cm³/mol. The Morgan fingerprint density at radius 2 is 2.17 bits per heavy atom. The summed E-state index contributed by atoms with van der Waals surface area (Å²) in [5.74, 6) is 0.426. The number of rotatable bonds is 2. The molecular formula is C9H10FIO. The van der Waals surface area contributed by atoms with Gasteiger partial charge >= 0.3 is 0 Å². The molecule has 1 aromatic carbocycles. The summed E-state index contributed by atoms with van der Waals surface area (Å²) in [6.07, 6.45) is 0. The second kappa shape index (κ2) is 4.07. The zero-order valence-electron chi connectivity index (χ0n) is 7.03. The van der Waals surface area contributed by atoms with Crippen molar-refractivity contribution in [2.45, 2.75) is 13.8 Å². The van der Waals surface area contributed by atoms with Gasteiger partial charge in [0.15, 0.2) is 0 Å². The minimum absolute atomic E-state index is 0.209. The molecule has 0 aromatic heterocycles. The summed E-state index contributed by atoms with van der Waals surface area (Å²) < 4.78 is 18.9. The van der Waals surface area contributed by atoms with Crippen molar-refractivity contribution >= 4 is 22.6 Å². The van der Waals surface area contributed by atoms with E-state index in [1.54, 1.807) is 0 Å². The summed E-state index contributed by atoms with van der Waals surface area (Å²) in [6.45, 7) is 4.30. The maximum absolute atomic E-state index is 13.1. The van der Waals surface area contributed by atoms with E-state index in [9.17, 15) is 4.39 Å². The Balaban J connectivity index is 3.09. The average molecular weight is 280 g/mol. The molecule has 0 aliphatic heterocycles. The first-order valence-corrected chi connectivity index (χ1v) is 4.81. The topological polar surface area (TPSA) is 9.23 Å². The average Bonchev–Trinajstić information content (AvgIpc) is 2.00. The quantitative estimate of drug-likeness (QED) is 0.756. The van der Waals surface area contributed by atoms with Crippen molar-refractivity contribution in [1.29, 1.82) is 0 Å². The van der Waals surface area contributed by atoms with Gasteiger partial charge in [-0.25, -0.2) is 4.39 Å². The van der Waals surface area contributed by atoms with Crippen LogP contribution in [0.2, 0.25) is 0 Å². The third kappa shape index (κ3) is 2.09. The SMILES string of the molecule is CCOc1cc(C)cc(F)c1I. The van der Waals surface area contributed by atoms with Gasteiger partial charge in [-0.15, -0.1) is 0 Å². The Bertz CT molecular complexity index is 286. The van der Waals surface area contributed by atoms with E-state index in [0.717, 1.165) is 5.56 Å². The van der Waals surface area contributed by atoms with Crippen LogP contribution in [0.1, 0.15) is 12.5 Å². The first-order valence-electron chi connectivity index (χ1n) is 3.73. The van der Waals surface area contributed by atoms with Crippen LogP contribution in [0, 0.1) is 16.3 Å². The minimum atomic E-state index is -0.209. The van der Waals surface area contributed by atoms with Gasteiger partial charge < -0.3 is 4.74 Å². The van der Waals surface area contributed by atoms with Gasteiger partial charge in [0.2, 0.25) is 0 Å². The van der Waals surface area contributed by atoms with E-state index in [2.05, 4.69) is 0 Å². The molecule has 0 fully saturated rings. The van der Waals surface area contributed by atoms with Gasteiger partial charge in [0.05, 0.1) is 10.2 Å². The van der Waals surface area contributed by atoms with E-state index in [1.165, 1.54) is 6.07 Å². The van der Waals surface area contributed by atoms with Crippen molar-refractivity contribution in [2.75, 3.05) is 6.61 Å². The van der Waals surface area contributed by atoms with Gasteiger partial charge in [-0.2, -0.15) is 0 Å². The number of ether oxygens (including phenoxy) is 1. The second-order valence-electron chi connectivity index (χ2n) is 2.49. The van der Waals surface area contributed by atoms with Gasteiger partial charge in [0.25, 0.3) is 0 Å². The molecule has 1 rings (SSSR count). The molecule has 12 heavy (non-hydrogen) atoms. The van der Waals surface area contributed by atoms with Gasteiger partial charge in [-0.3, -0.25) is 0 Å². The van der Waals surface area contributed by atoms with Crippen molar-refractivity contribution < 1.29 is 9.13 Å². The molecule has 0 saturated carbocycles. The summed E-state index contributed by atoms with van der Waals surface area (Å²) in [7, 11) is 0. The van der Waals surface area contributed by atoms with Crippen LogP contribution < -0.4 is 4.74 Å². The van der Waals surface area contributed by atoms with Crippen LogP contribution in [-0.4, -0.2) is 6.61 Å². The van der Waals surface area contributed by atoms with E-state index in [0.29, 0.717) is 15.9 Å². The highest BCUT2D eigenvalue weighted by molar-refractivity contribution is 14.1. The number of hydrogen-bond donors (Lipinski definition) is 0. The highest BCUT2D eigenvalue weighted by atomic mass is 127. The second-order valence-corrected chi connectivity index (χ2v) is 3.57. The van der Waals surface area contributed by atoms with Crippen LogP contribution in [0.25, 0.3) is 0 Å². The van der Waals surface area contributed by atoms with Crippen LogP contribution >= 0.6 is 22.6 Å². The van der Waals surface area contributed by atoms with E-state index >= 15 is 0 Å². The third-order valence-electron chi connectivity index (χ3n) is 1.44. The Morgan fingerprint density at radius 1 is 1.50 bits per heavy atom. The monoisotopic (exact) mass is 280 g/mol. The molecule has 1 aromatic rings. The van der Waals surface area contributed by atoms with Crippen LogP contribution in [0.15, 0.2) is 12.1 Å². The summed E-state index contributed by atoms with van der Waals surface area (Å²) >= 11 is 1.94. The fourth-order valence-electron chi connectivity index (χ4n) is 0.953. The predicted octanol–water partition coefficient (Wildman–Crippen LogP) is 3.14. The molecule has 0 radical (unpaired) electrons. The molecule has 0 aliphatic carbocycles. The molecular weight excluding hydrogens is 270 g/mol. The smallest absolute Gasteiger partial charge is 0.140 e. The van der Waals surface area contributed by atoms with Crippen molar-refractivity contribution in [3.8, 4) is 5.75 Å². The van der Waals surface area contributed by atoms with Gasteiger partial charge in [-0.1, -0.05) is 0 Å². The van der Waals surface area contributed by atoms with E-state index in [-0.39, 0.29) is 5.82 Å². The lowest BCUT2D eigenvalue weighted by atomic mass is 10.2. The summed E-state index contributed by atoms with van der Waals surface area (Å²) in [6, 6.07) is 3.35. The zero-order valence-corrected chi connectivity index (χ0v) is 9.18. The molecule has 66 valence electrons. The largest absolute Gasteiger partial charge is 0.493 e. The number of benzene rings is 1. The van der Waals surface area contributed by atoms with E-state index in [4.69, 9.17) is 4.74 Å². The van der Waals surface area contributed by atoms with Gasteiger partial charge in [0, 0.05) is 0 Å². The first kappa shape index (κ1) is 9.77. The summed E-state index contributed by atoms with van der Waals surface area (Å²) in [4.78, 5) is 0. The molecule has 0 saturated heterocycles. The first-order chi connectivity index (χ1) is 5.65.